The molecule has 4 atom stereocenters. The van der Waals surface area contributed by atoms with E-state index in [0.717, 1.165) is 6.07 Å². The number of ether oxygens (including phenoxy) is 1. The molecule has 3 aliphatic carbocycles. The summed E-state index contributed by atoms with van der Waals surface area (Å²) in [4.78, 5) is 39.4. The summed E-state index contributed by atoms with van der Waals surface area (Å²) in [5, 5.41) is 43.6. The molecule has 0 spiro atoms. The maximum atomic E-state index is 13.5. The van der Waals surface area contributed by atoms with Crippen LogP contribution in [0.2, 0.25) is 0 Å². The van der Waals surface area contributed by atoms with Crippen LogP contribution < -0.4 is 16.2 Å². The van der Waals surface area contributed by atoms with E-state index in [1.807, 2.05) is 0 Å². The van der Waals surface area contributed by atoms with Crippen LogP contribution in [-0.2, 0) is 27.3 Å². The van der Waals surface area contributed by atoms with E-state index in [0.29, 0.717) is 0 Å². The Kier molecular flexibility index (Phi) is 6.05. The quantitative estimate of drug-likeness (QED) is 0.297. The van der Waals surface area contributed by atoms with Gasteiger partial charge in [-0.1, -0.05) is 0 Å². The molecular weight excluding hydrogens is 503 g/mol. The number of alkyl halides is 3. The van der Waals surface area contributed by atoms with Crippen LogP contribution in [0.1, 0.15) is 23.1 Å². The zero-order valence-electron chi connectivity index (χ0n) is 19.6. The van der Waals surface area contributed by atoms with E-state index >= 15 is 0 Å². The number of aliphatic hydroxyl groups is 3. The Morgan fingerprint density at radius 1 is 1.24 bits per heavy atom. The summed E-state index contributed by atoms with van der Waals surface area (Å²) in [5.41, 5.74) is 5.75. The maximum Gasteiger partial charge on any atom is 0.573 e. The molecule has 3 aliphatic rings. The molecule has 0 bridgehead atoms. The van der Waals surface area contributed by atoms with Crippen molar-refractivity contribution in [2.24, 2.45) is 23.3 Å². The molecule has 1 saturated carbocycles. The van der Waals surface area contributed by atoms with Crippen molar-refractivity contribution in [3.05, 3.63) is 39.7 Å². The Bertz CT molecular complexity index is 1300. The van der Waals surface area contributed by atoms with Gasteiger partial charge in [-0.25, -0.2) is 0 Å². The number of aliphatic hydroxyl groups excluding tert-OH is 2. The Morgan fingerprint density at radius 3 is 2.41 bits per heavy atom. The molecule has 1 aromatic carbocycles. The van der Waals surface area contributed by atoms with Crippen LogP contribution in [0.5, 0.6) is 11.5 Å². The third kappa shape index (κ3) is 3.91. The largest absolute Gasteiger partial charge is 0.573 e. The lowest BCUT2D eigenvalue weighted by atomic mass is 9.58. The lowest BCUT2D eigenvalue weighted by Crippen LogP contribution is -2.65. The number of Topliss-reactive ketones (excluding diaryl/α,β-unsaturated/α-hetero) is 2. The van der Waals surface area contributed by atoms with E-state index in [4.69, 9.17) is 11.5 Å². The maximum absolute atomic E-state index is 13.5. The van der Waals surface area contributed by atoms with Gasteiger partial charge in [0.2, 0.25) is 5.78 Å². The number of fused-ring (bicyclic) bond motifs is 3. The van der Waals surface area contributed by atoms with Crippen LogP contribution in [0, 0.1) is 11.8 Å². The molecular formula is C23H24F3N3O8. The van der Waals surface area contributed by atoms with Gasteiger partial charge in [-0.05, 0) is 38.9 Å². The second-order valence-electron chi connectivity index (χ2n) is 9.60. The number of carbonyl (C=O) groups excluding carboxylic acids is 3. The highest BCUT2D eigenvalue weighted by Gasteiger charge is 2.63. The summed E-state index contributed by atoms with van der Waals surface area (Å²) >= 11 is 0. The lowest BCUT2D eigenvalue weighted by Gasteiger charge is -2.48. The summed E-state index contributed by atoms with van der Waals surface area (Å²) in [6, 6.07) is -0.712. The second kappa shape index (κ2) is 8.46. The van der Waals surface area contributed by atoms with Crippen molar-refractivity contribution in [1.29, 1.82) is 0 Å². The number of hydrogen-bond donors (Lipinski definition) is 6. The molecule has 14 heteroatoms. The van der Waals surface area contributed by atoms with Gasteiger partial charge in [0.05, 0.1) is 11.6 Å². The van der Waals surface area contributed by atoms with Crippen LogP contribution >= 0.6 is 0 Å². The normalized spacial score (nSPS) is 27.7. The molecule has 1 aromatic rings. The first-order valence-corrected chi connectivity index (χ1v) is 11.0. The summed E-state index contributed by atoms with van der Waals surface area (Å²) in [7, 11) is 3.15. The molecule has 0 aliphatic heterocycles. The summed E-state index contributed by atoms with van der Waals surface area (Å²) in [6.07, 6.45) is -5.86. The number of primary amides is 1. The predicted octanol–water partition coefficient (Wildman–Crippen LogP) is 0.321. The number of benzene rings is 1. The van der Waals surface area contributed by atoms with Gasteiger partial charge < -0.3 is 41.5 Å². The van der Waals surface area contributed by atoms with Gasteiger partial charge in [0.25, 0.3) is 5.91 Å². The molecule has 37 heavy (non-hydrogen) atoms. The molecule has 1 amide bonds. The fourth-order valence-electron chi connectivity index (χ4n) is 5.53. The van der Waals surface area contributed by atoms with Crippen molar-refractivity contribution in [2.45, 2.75) is 37.4 Å². The molecule has 11 nitrogen and oxygen atoms in total. The molecule has 4 rings (SSSR count). The Hall–Kier alpha value is -3.62. The Balaban J connectivity index is 1.97. The zero-order valence-corrected chi connectivity index (χ0v) is 19.6. The van der Waals surface area contributed by atoms with Gasteiger partial charge in [0, 0.05) is 29.2 Å². The van der Waals surface area contributed by atoms with Gasteiger partial charge in [-0.3, -0.25) is 14.4 Å². The number of nitrogens with two attached hydrogens (primary N) is 2. The monoisotopic (exact) mass is 527 g/mol. The van der Waals surface area contributed by atoms with Crippen LogP contribution in [-0.4, -0.2) is 74.9 Å². The van der Waals surface area contributed by atoms with Crippen molar-refractivity contribution in [3.8, 4) is 11.5 Å². The zero-order chi connectivity index (χ0) is 27.8. The number of phenolic OH excluding ortho intramolecular Hbond substituents is 1. The average molecular weight is 527 g/mol. The van der Waals surface area contributed by atoms with Crippen molar-refractivity contribution in [1.82, 2.24) is 4.90 Å². The number of aromatic hydroxyl groups is 1. The van der Waals surface area contributed by atoms with Gasteiger partial charge in [0.1, 0.15) is 28.6 Å². The van der Waals surface area contributed by atoms with E-state index in [-0.39, 0.29) is 30.5 Å². The predicted molar refractivity (Wildman–Crippen MR) is 119 cm³/mol. The van der Waals surface area contributed by atoms with Crippen LogP contribution in [0.4, 0.5) is 13.2 Å². The smallest absolute Gasteiger partial charge is 0.508 e. The van der Waals surface area contributed by atoms with Crippen molar-refractivity contribution >= 4 is 23.2 Å². The SMILES string of the molecule is CN(C)Cc1cc(O)c2c(c1OC(F)(F)F)C[C@H]1C[C@H]3[C@H](N)C(=O)C(C(N)=O)=C(O)[C@@]3(O)C(=O)C1=C2O. The second-order valence-corrected chi connectivity index (χ2v) is 9.60. The lowest BCUT2D eigenvalue weighted by molar-refractivity contribution is -0.275. The minimum absolute atomic E-state index is 0.0512. The first-order valence-electron chi connectivity index (χ1n) is 11.0. The van der Waals surface area contributed by atoms with E-state index in [1.54, 1.807) is 14.1 Å². The Morgan fingerprint density at radius 2 is 1.86 bits per heavy atom. The molecule has 1 fully saturated rings. The van der Waals surface area contributed by atoms with Crippen LogP contribution in [0.15, 0.2) is 23.0 Å². The van der Waals surface area contributed by atoms with E-state index in [2.05, 4.69) is 4.74 Å². The number of halogens is 3. The molecule has 0 radical (unpaired) electrons. The van der Waals surface area contributed by atoms with Crippen molar-refractivity contribution < 1.29 is 52.7 Å². The van der Waals surface area contributed by atoms with Gasteiger partial charge in [-0.2, -0.15) is 0 Å². The number of nitrogens with zero attached hydrogens (tertiary/aromatic N) is 1. The van der Waals surface area contributed by atoms with E-state index in [1.165, 1.54) is 4.90 Å². The van der Waals surface area contributed by atoms with Gasteiger partial charge in [-0.15, -0.1) is 13.2 Å². The van der Waals surface area contributed by atoms with Crippen LogP contribution in [0.3, 0.4) is 0 Å². The number of amides is 1. The first kappa shape index (κ1) is 26.4. The molecule has 0 heterocycles. The number of phenols is 1. The highest BCUT2D eigenvalue weighted by molar-refractivity contribution is 6.24. The molecule has 0 saturated heterocycles. The fraction of sp³-hybridized carbons (Fsp3) is 0.435. The number of ketones is 2. The number of hydrogen-bond acceptors (Lipinski definition) is 10. The average Bonchev–Trinajstić information content (AvgIpc) is 2.75. The Labute approximate surface area is 207 Å². The van der Waals surface area contributed by atoms with Crippen LogP contribution in [0.25, 0.3) is 5.76 Å². The number of rotatable bonds is 4. The molecule has 200 valence electrons. The third-order valence-electron chi connectivity index (χ3n) is 6.98. The minimum atomic E-state index is -5.13. The number of carbonyl (C=O) groups is 3. The molecule has 0 aromatic heterocycles. The van der Waals surface area contributed by atoms with E-state index < -0.39 is 87.0 Å². The molecule has 0 unspecified atom stereocenters. The van der Waals surface area contributed by atoms with E-state index in [9.17, 15) is 48.0 Å². The van der Waals surface area contributed by atoms with Gasteiger partial charge in [0.15, 0.2) is 11.4 Å². The molecule has 8 N–H and O–H groups in total. The summed E-state index contributed by atoms with van der Waals surface area (Å²) in [5.74, 6) is -10.1. The minimum Gasteiger partial charge on any atom is -0.508 e. The summed E-state index contributed by atoms with van der Waals surface area (Å²) < 4.78 is 44.3. The van der Waals surface area contributed by atoms with Crippen molar-refractivity contribution in [2.75, 3.05) is 14.1 Å². The highest BCUT2D eigenvalue weighted by atomic mass is 19.4. The van der Waals surface area contributed by atoms with Crippen molar-refractivity contribution in [3.63, 3.8) is 0 Å². The fourth-order valence-corrected chi connectivity index (χ4v) is 5.53. The third-order valence-corrected chi connectivity index (χ3v) is 6.98. The standard InChI is InChI=1S/C23H24F3N3O8/c1-29(2)6-8-5-11(30)13-9(18(8)37-23(24,25)26)3-7-4-10-15(27)17(32)14(21(28)35)20(34)22(10,36)19(33)12(7)16(13)31/h5,7,10,15,30-31,34,36H,3-4,6,27H2,1-2H3,(H2,28,35)/t7-,10-,15-,22-/m0/s1. The first-order chi connectivity index (χ1) is 17.0. The highest BCUT2D eigenvalue weighted by Crippen LogP contribution is 2.53. The topological polar surface area (TPSA) is 197 Å². The van der Waals surface area contributed by atoms with Gasteiger partial charge >= 0.3 is 6.36 Å². The summed E-state index contributed by atoms with van der Waals surface area (Å²) in [6.45, 7) is -0.0799.